The zero-order chi connectivity index (χ0) is 18.7. The van der Waals surface area contributed by atoms with Gasteiger partial charge in [0.15, 0.2) is 9.84 Å². The predicted molar refractivity (Wildman–Crippen MR) is 103 cm³/mol. The van der Waals surface area contributed by atoms with Crippen molar-refractivity contribution in [3.8, 4) is 0 Å². The van der Waals surface area contributed by atoms with E-state index in [0.717, 1.165) is 11.4 Å². The highest BCUT2D eigenvalue weighted by Gasteiger charge is 2.29. The molecule has 3 rings (SSSR count). The molecule has 2 heterocycles. The van der Waals surface area contributed by atoms with E-state index in [-0.39, 0.29) is 29.1 Å². The fourth-order valence-corrected chi connectivity index (χ4v) is 4.59. The zero-order valence-corrected chi connectivity index (χ0v) is 15.7. The lowest BCUT2D eigenvalue weighted by atomic mass is 10.0. The van der Waals surface area contributed by atoms with Gasteiger partial charge < -0.3 is 10.6 Å². The summed E-state index contributed by atoms with van der Waals surface area (Å²) < 4.78 is 23.0. The Morgan fingerprint density at radius 3 is 2.50 bits per heavy atom. The second-order valence-corrected chi connectivity index (χ2v) is 9.13. The van der Waals surface area contributed by atoms with Gasteiger partial charge in [0.2, 0.25) is 0 Å². The molecule has 0 bridgehead atoms. The molecule has 2 N–H and O–H groups in total. The molecule has 1 aromatic heterocycles. The number of sulfone groups is 1. The van der Waals surface area contributed by atoms with Gasteiger partial charge in [-0.2, -0.15) is 0 Å². The normalized spacial score (nSPS) is 18.7. The third-order valence-electron chi connectivity index (χ3n) is 4.43. The van der Waals surface area contributed by atoms with E-state index in [1.165, 1.54) is 5.56 Å². The summed E-state index contributed by atoms with van der Waals surface area (Å²) >= 11 is 0. The Morgan fingerprint density at radius 2 is 1.88 bits per heavy atom. The Morgan fingerprint density at radius 1 is 1.15 bits per heavy atom. The van der Waals surface area contributed by atoms with Crippen molar-refractivity contribution in [1.29, 1.82) is 0 Å². The van der Waals surface area contributed by atoms with Crippen molar-refractivity contribution in [3.63, 3.8) is 0 Å². The van der Waals surface area contributed by atoms with E-state index in [1.807, 2.05) is 12.1 Å². The summed E-state index contributed by atoms with van der Waals surface area (Å²) in [5, 5.41) is 6.01. The maximum atomic E-state index is 12.3. The maximum absolute atomic E-state index is 12.3. The topological polar surface area (TPSA) is 88.2 Å². The fourth-order valence-electron chi connectivity index (χ4n) is 2.92. The summed E-state index contributed by atoms with van der Waals surface area (Å²) in [6.07, 6.45) is 2.01. The molecule has 0 spiro atoms. The number of nitrogens with one attached hydrogen (secondary N) is 2. The second kappa shape index (κ2) is 7.45. The van der Waals surface area contributed by atoms with Crippen LogP contribution >= 0.6 is 0 Å². The smallest absolute Gasteiger partial charge is 0.270 e. The van der Waals surface area contributed by atoms with Crippen LogP contribution < -0.4 is 10.6 Å². The maximum Gasteiger partial charge on any atom is 0.270 e. The third kappa shape index (κ3) is 4.60. The van der Waals surface area contributed by atoms with Crippen LogP contribution in [0.4, 0.5) is 11.4 Å². The van der Waals surface area contributed by atoms with Crippen LogP contribution in [0.25, 0.3) is 0 Å². The summed E-state index contributed by atoms with van der Waals surface area (Å²) in [7, 11) is -3.03. The fraction of sp³-hybridized carbons (Fsp3) is 0.368. The summed E-state index contributed by atoms with van der Waals surface area (Å²) in [6, 6.07) is 11.2. The lowest BCUT2D eigenvalue weighted by Gasteiger charge is -2.12. The molecule has 138 valence electrons. The first-order valence-corrected chi connectivity index (χ1v) is 10.5. The van der Waals surface area contributed by atoms with Crippen LogP contribution in [-0.2, 0) is 9.84 Å². The van der Waals surface area contributed by atoms with Crippen LogP contribution in [-0.4, -0.2) is 36.9 Å². The van der Waals surface area contributed by atoms with Gasteiger partial charge in [0.05, 0.1) is 11.5 Å². The van der Waals surface area contributed by atoms with Gasteiger partial charge >= 0.3 is 0 Å². The molecule has 7 heteroatoms. The van der Waals surface area contributed by atoms with Crippen molar-refractivity contribution < 1.29 is 13.2 Å². The van der Waals surface area contributed by atoms with Gasteiger partial charge in [0.25, 0.3) is 5.91 Å². The van der Waals surface area contributed by atoms with E-state index >= 15 is 0 Å². The highest BCUT2D eigenvalue weighted by atomic mass is 32.2. The standard InChI is InChI=1S/C19H23N3O3S/c1-13(2)14-3-5-15(6-4-14)21-16-7-9-20-18(11-16)19(23)22-17-8-10-26(24,25)12-17/h3-7,9,11,13,17H,8,10,12H2,1-2H3,(H,20,21)(H,22,23). The minimum Gasteiger partial charge on any atom is -0.355 e. The van der Waals surface area contributed by atoms with E-state index in [1.54, 1.807) is 18.3 Å². The highest BCUT2D eigenvalue weighted by molar-refractivity contribution is 7.91. The molecular formula is C19H23N3O3S. The average molecular weight is 373 g/mol. The molecule has 1 unspecified atom stereocenters. The predicted octanol–water partition coefficient (Wildman–Crippen LogP) is 2.87. The number of aromatic nitrogens is 1. The van der Waals surface area contributed by atoms with Crippen LogP contribution in [0, 0.1) is 0 Å². The molecule has 1 fully saturated rings. The first kappa shape index (κ1) is 18.4. The SMILES string of the molecule is CC(C)c1ccc(Nc2ccnc(C(=O)NC3CCS(=O)(=O)C3)c2)cc1. The van der Waals surface area contributed by atoms with Gasteiger partial charge in [0, 0.05) is 23.6 Å². The summed E-state index contributed by atoms with van der Waals surface area (Å²) in [6.45, 7) is 4.29. The Labute approximate surface area is 154 Å². The van der Waals surface area contributed by atoms with Crippen molar-refractivity contribution in [2.24, 2.45) is 0 Å². The number of carbonyl (C=O) groups is 1. The van der Waals surface area contributed by atoms with Crippen molar-refractivity contribution in [3.05, 3.63) is 53.9 Å². The third-order valence-corrected chi connectivity index (χ3v) is 6.19. The molecule has 0 saturated carbocycles. The van der Waals surface area contributed by atoms with Gasteiger partial charge in [-0.05, 0) is 42.2 Å². The molecule has 6 nitrogen and oxygen atoms in total. The van der Waals surface area contributed by atoms with Crippen molar-refractivity contribution in [2.75, 3.05) is 16.8 Å². The number of rotatable bonds is 5. The van der Waals surface area contributed by atoms with E-state index in [9.17, 15) is 13.2 Å². The van der Waals surface area contributed by atoms with E-state index in [2.05, 4.69) is 41.6 Å². The molecule has 1 amide bonds. The van der Waals surface area contributed by atoms with E-state index in [0.29, 0.717) is 12.3 Å². The quantitative estimate of drug-likeness (QED) is 0.841. The van der Waals surface area contributed by atoms with Gasteiger partial charge in [-0.3, -0.25) is 9.78 Å². The van der Waals surface area contributed by atoms with Gasteiger partial charge in [-0.1, -0.05) is 26.0 Å². The van der Waals surface area contributed by atoms with Crippen molar-refractivity contribution >= 4 is 27.1 Å². The molecular weight excluding hydrogens is 350 g/mol. The number of nitrogens with zero attached hydrogens (tertiary/aromatic N) is 1. The number of hydrogen-bond donors (Lipinski definition) is 2. The van der Waals surface area contributed by atoms with Crippen LogP contribution in [0.15, 0.2) is 42.6 Å². The Balaban J connectivity index is 1.67. The lowest BCUT2D eigenvalue weighted by Crippen LogP contribution is -2.36. The molecule has 1 saturated heterocycles. The molecule has 0 aliphatic carbocycles. The average Bonchev–Trinajstić information content (AvgIpc) is 2.94. The van der Waals surface area contributed by atoms with Gasteiger partial charge in [0.1, 0.15) is 5.69 Å². The second-order valence-electron chi connectivity index (χ2n) is 6.90. The van der Waals surface area contributed by atoms with Crippen LogP contribution in [0.3, 0.4) is 0 Å². The molecule has 26 heavy (non-hydrogen) atoms. The van der Waals surface area contributed by atoms with Crippen molar-refractivity contribution in [2.45, 2.75) is 32.2 Å². The summed E-state index contributed by atoms with van der Waals surface area (Å²) in [5.74, 6) is 0.240. The van der Waals surface area contributed by atoms with Crippen molar-refractivity contribution in [1.82, 2.24) is 10.3 Å². The Hall–Kier alpha value is -2.41. The number of benzene rings is 1. The van der Waals surface area contributed by atoms with E-state index in [4.69, 9.17) is 0 Å². The Bertz CT molecular complexity index is 893. The first-order chi connectivity index (χ1) is 12.3. The van der Waals surface area contributed by atoms with Crippen LogP contribution in [0.2, 0.25) is 0 Å². The number of hydrogen-bond acceptors (Lipinski definition) is 5. The Kier molecular flexibility index (Phi) is 5.27. The highest BCUT2D eigenvalue weighted by Crippen LogP contribution is 2.21. The molecule has 2 aromatic rings. The zero-order valence-electron chi connectivity index (χ0n) is 14.9. The largest absolute Gasteiger partial charge is 0.355 e. The molecule has 1 aliphatic rings. The summed E-state index contributed by atoms with van der Waals surface area (Å²) in [5.41, 5.74) is 3.20. The van der Waals surface area contributed by atoms with E-state index < -0.39 is 9.84 Å². The molecule has 1 aliphatic heterocycles. The number of carbonyl (C=O) groups excluding carboxylic acids is 1. The molecule has 1 aromatic carbocycles. The number of anilines is 2. The first-order valence-electron chi connectivity index (χ1n) is 8.67. The minimum absolute atomic E-state index is 0.00111. The van der Waals surface area contributed by atoms with Gasteiger partial charge in [-0.15, -0.1) is 0 Å². The number of pyridine rings is 1. The monoisotopic (exact) mass is 373 g/mol. The molecule has 0 radical (unpaired) electrons. The summed E-state index contributed by atoms with van der Waals surface area (Å²) in [4.78, 5) is 16.4. The lowest BCUT2D eigenvalue weighted by molar-refractivity contribution is 0.0936. The number of amides is 1. The minimum atomic E-state index is -3.03. The van der Waals surface area contributed by atoms with Crippen LogP contribution in [0.1, 0.15) is 42.2 Å². The van der Waals surface area contributed by atoms with Gasteiger partial charge in [-0.25, -0.2) is 8.42 Å². The van der Waals surface area contributed by atoms with Crippen LogP contribution in [0.5, 0.6) is 0 Å². The molecule has 1 atom stereocenters.